The molecule has 0 radical (unpaired) electrons. The lowest BCUT2D eigenvalue weighted by molar-refractivity contribution is -0.120. The molecule has 0 fully saturated rings. The first-order valence-corrected chi connectivity index (χ1v) is 7.94. The Morgan fingerprint density at radius 1 is 1.08 bits per heavy atom. The zero-order valence-electron chi connectivity index (χ0n) is 14.6. The van der Waals surface area contributed by atoms with Crippen LogP contribution >= 0.6 is 0 Å². The number of halogens is 1. The maximum atomic E-state index is 12.9. The first-order chi connectivity index (χ1) is 11.8. The summed E-state index contributed by atoms with van der Waals surface area (Å²) in [5, 5.41) is 4.97. The highest BCUT2D eigenvalue weighted by atomic mass is 19.1. The number of nitrogens with one attached hydrogen (secondary N) is 2. The van der Waals surface area contributed by atoms with E-state index in [-0.39, 0.29) is 12.4 Å². The molecule has 2 rings (SSSR count). The van der Waals surface area contributed by atoms with E-state index < -0.39 is 11.9 Å². The lowest BCUT2D eigenvalue weighted by Crippen LogP contribution is -2.40. The topological polar surface area (TPSA) is 61.4 Å². The molecule has 0 heterocycles. The average molecular weight is 343 g/mol. The Labute approximate surface area is 146 Å². The van der Waals surface area contributed by atoms with Crippen LogP contribution in [-0.4, -0.2) is 30.4 Å². The van der Waals surface area contributed by atoms with Crippen LogP contribution in [0.5, 0.6) is 0 Å². The van der Waals surface area contributed by atoms with Crippen molar-refractivity contribution in [2.24, 2.45) is 0 Å². The number of carbonyl (C=O) groups is 2. The number of hydrogen-bond acceptors (Lipinski definition) is 3. The second-order valence-electron chi connectivity index (χ2n) is 6.12. The Morgan fingerprint density at radius 2 is 1.76 bits per heavy atom. The third-order valence-electron chi connectivity index (χ3n) is 3.66. The van der Waals surface area contributed by atoms with Gasteiger partial charge in [-0.3, -0.25) is 15.0 Å². The van der Waals surface area contributed by atoms with Crippen LogP contribution in [0.15, 0.2) is 42.5 Å². The Balaban J connectivity index is 1.82. The molecule has 3 amide bonds. The van der Waals surface area contributed by atoms with E-state index in [0.29, 0.717) is 12.2 Å². The molecule has 132 valence electrons. The van der Waals surface area contributed by atoms with Crippen LogP contribution in [-0.2, 0) is 11.3 Å². The van der Waals surface area contributed by atoms with Gasteiger partial charge in [0.1, 0.15) is 5.82 Å². The smallest absolute Gasteiger partial charge is 0.307 e. The number of rotatable bonds is 5. The minimum atomic E-state index is -0.563. The molecule has 5 nitrogen and oxygen atoms in total. The lowest BCUT2D eigenvalue weighted by atomic mass is 10.1. The number of hydrogen-bond donors (Lipinski definition) is 2. The van der Waals surface area contributed by atoms with Crippen molar-refractivity contribution < 1.29 is 14.0 Å². The van der Waals surface area contributed by atoms with Crippen molar-refractivity contribution in [1.82, 2.24) is 10.2 Å². The van der Waals surface area contributed by atoms with Crippen LogP contribution in [0.1, 0.15) is 16.7 Å². The molecular weight excluding hydrogens is 321 g/mol. The van der Waals surface area contributed by atoms with E-state index in [1.807, 2.05) is 26.0 Å². The highest BCUT2D eigenvalue weighted by Crippen LogP contribution is 2.15. The van der Waals surface area contributed by atoms with Crippen LogP contribution in [0.25, 0.3) is 0 Å². The number of anilines is 1. The van der Waals surface area contributed by atoms with E-state index in [2.05, 4.69) is 10.6 Å². The van der Waals surface area contributed by atoms with Crippen molar-refractivity contribution in [3.63, 3.8) is 0 Å². The monoisotopic (exact) mass is 343 g/mol. The zero-order valence-corrected chi connectivity index (χ0v) is 14.6. The second-order valence-corrected chi connectivity index (χ2v) is 6.12. The molecule has 2 aromatic carbocycles. The average Bonchev–Trinajstić information content (AvgIpc) is 2.52. The number of amides is 3. The summed E-state index contributed by atoms with van der Waals surface area (Å²) >= 11 is 0. The maximum Gasteiger partial charge on any atom is 0.325 e. The highest BCUT2D eigenvalue weighted by Gasteiger charge is 2.12. The van der Waals surface area contributed by atoms with Gasteiger partial charge in [-0.1, -0.05) is 29.8 Å². The predicted molar refractivity (Wildman–Crippen MR) is 95.8 cm³/mol. The van der Waals surface area contributed by atoms with Crippen molar-refractivity contribution in [1.29, 1.82) is 0 Å². The van der Waals surface area contributed by atoms with Crippen LogP contribution < -0.4 is 10.6 Å². The summed E-state index contributed by atoms with van der Waals surface area (Å²) in [4.78, 5) is 25.6. The summed E-state index contributed by atoms with van der Waals surface area (Å²) in [6.45, 7) is 4.39. The molecule has 2 N–H and O–H groups in total. The van der Waals surface area contributed by atoms with Gasteiger partial charge in [0.2, 0.25) is 5.91 Å². The van der Waals surface area contributed by atoms with Crippen molar-refractivity contribution >= 4 is 17.6 Å². The summed E-state index contributed by atoms with van der Waals surface area (Å²) in [5.41, 5.74) is 3.57. The molecule has 6 heteroatoms. The largest absolute Gasteiger partial charge is 0.325 e. The molecule has 0 aliphatic carbocycles. The fraction of sp³-hybridized carbons (Fsp3) is 0.263. The van der Waals surface area contributed by atoms with Crippen molar-refractivity contribution in [2.75, 3.05) is 18.9 Å². The van der Waals surface area contributed by atoms with Gasteiger partial charge in [0.05, 0.1) is 6.54 Å². The Bertz CT molecular complexity index is 760. The summed E-state index contributed by atoms with van der Waals surface area (Å²) < 4.78 is 12.9. The van der Waals surface area contributed by atoms with Crippen LogP contribution in [0, 0.1) is 19.7 Å². The molecule has 0 saturated heterocycles. The normalized spacial score (nSPS) is 10.6. The number of imide groups is 1. The summed E-state index contributed by atoms with van der Waals surface area (Å²) in [7, 11) is 1.75. The third-order valence-corrected chi connectivity index (χ3v) is 3.66. The predicted octanol–water partition coefficient (Wildman–Crippen LogP) is 3.22. The van der Waals surface area contributed by atoms with Crippen molar-refractivity contribution in [3.8, 4) is 0 Å². The minimum absolute atomic E-state index is 0.0533. The van der Waals surface area contributed by atoms with E-state index in [9.17, 15) is 14.0 Å². The molecular formula is C19H22FN3O2. The minimum Gasteiger partial charge on any atom is -0.307 e. The SMILES string of the molecule is Cc1ccc(NC(=O)NC(=O)CN(C)Cc2ccc(F)cc2)c(C)c1. The van der Waals surface area contributed by atoms with Crippen LogP contribution in [0.3, 0.4) is 0 Å². The molecule has 0 bridgehead atoms. The van der Waals surface area contributed by atoms with E-state index in [4.69, 9.17) is 0 Å². The van der Waals surface area contributed by atoms with E-state index in [1.165, 1.54) is 12.1 Å². The summed E-state index contributed by atoms with van der Waals surface area (Å²) in [6.07, 6.45) is 0. The maximum absolute atomic E-state index is 12.9. The van der Waals surface area contributed by atoms with E-state index in [1.54, 1.807) is 30.1 Å². The molecule has 0 spiro atoms. The highest BCUT2D eigenvalue weighted by molar-refractivity contribution is 6.02. The van der Waals surface area contributed by atoms with Gasteiger partial charge in [0, 0.05) is 12.2 Å². The molecule has 0 aromatic heterocycles. The number of likely N-dealkylation sites (N-methyl/N-ethyl adjacent to an activating group) is 1. The molecule has 0 unspecified atom stereocenters. The fourth-order valence-corrected chi connectivity index (χ4v) is 2.48. The molecule has 0 atom stereocenters. The Morgan fingerprint density at radius 3 is 2.40 bits per heavy atom. The van der Waals surface area contributed by atoms with Gasteiger partial charge in [-0.2, -0.15) is 0 Å². The van der Waals surface area contributed by atoms with Gasteiger partial charge < -0.3 is 5.32 Å². The number of urea groups is 1. The molecule has 0 aliphatic rings. The molecule has 0 aliphatic heterocycles. The van der Waals surface area contributed by atoms with Gasteiger partial charge in [0.25, 0.3) is 0 Å². The van der Waals surface area contributed by atoms with Gasteiger partial charge in [-0.15, -0.1) is 0 Å². The van der Waals surface area contributed by atoms with Gasteiger partial charge >= 0.3 is 6.03 Å². The molecule has 25 heavy (non-hydrogen) atoms. The first-order valence-electron chi connectivity index (χ1n) is 7.94. The second kappa shape index (κ2) is 8.39. The number of benzene rings is 2. The van der Waals surface area contributed by atoms with Crippen molar-refractivity contribution in [2.45, 2.75) is 20.4 Å². The fourth-order valence-electron chi connectivity index (χ4n) is 2.48. The van der Waals surface area contributed by atoms with Crippen LogP contribution in [0.4, 0.5) is 14.9 Å². The Kier molecular flexibility index (Phi) is 6.25. The lowest BCUT2D eigenvalue weighted by Gasteiger charge is -2.16. The standard InChI is InChI=1S/C19H22FN3O2/c1-13-4-9-17(14(2)10-13)21-19(25)22-18(24)12-23(3)11-15-5-7-16(20)8-6-15/h4-10H,11-12H2,1-3H3,(H2,21,22,24,25). The summed E-state index contributed by atoms with van der Waals surface area (Å²) in [6, 6.07) is 11.2. The molecule has 0 saturated carbocycles. The van der Waals surface area contributed by atoms with E-state index >= 15 is 0 Å². The number of carbonyl (C=O) groups excluding carboxylic acids is 2. The number of aryl methyl sites for hydroxylation is 2. The first kappa shape index (κ1) is 18.6. The zero-order chi connectivity index (χ0) is 18.4. The number of nitrogens with zero attached hydrogens (tertiary/aromatic N) is 1. The van der Waals surface area contributed by atoms with Gasteiger partial charge in [0.15, 0.2) is 0 Å². The third kappa shape index (κ3) is 6.00. The Hall–Kier alpha value is -2.73. The molecule has 2 aromatic rings. The van der Waals surface area contributed by atoms with E-state index in [0.717, 1.165) is 16.7 Å². The summed E-state index contributed by atoms with van der Waals surface area (Å²) in [5.74, 6) is -0.709. The van der Waals surface area contributed by atoms with Crippen molar-refractivity contribution in [3.05, 3.63) is 65.0 Å². The van der Waals surface area contributed by atoms with Gasteiger partial charge in [-0.05, 0) is 50.2 Å². The van der Waals surface area contributed by atoms with Crippen LogP contribution in [0.2, 0.25) is 0 Å². The van der Waals surface area contributed by atoms with Gasteiger partial charge in [-0.25, -0.2) is 9.18 Å². The quantitative estimate of drug-likeness (QED) is 0.876.